The minimum Gasteiger partial charge on any atom is -0.381 e. The minimum atomic E-state index is 0.136. The molecule has 2 aliphatic rings. The molecule has 0 amide bonds. The second kappa shape index (κ2) is 5.72. The third kappa shape index (κ3) is 2.30. The van der Waals surface area contributed by atoms with Crippen LogP contribution in [0.15, 0.2) is 10.9 Å². The van der Waals surface area contributed by atoms with Gasteiger partial charge in [-0.05, 0) is 33.1 Å². The number of aromatic nitrogens is 3. The molecule has 1 aliphatic carbocycles. The Hall–Kier alpha value is -1.73. The number of rotatable bonds is 4. The van der Waals surface area contributed by atoms with E-state index in [-0.39, 0.29) is 5.41 Å². The lowest BCUT2D eigenvalue weighted by Crippen LogP contribution is -2.63. The van der Waals surface area contributed by atoms with Crippen molar-refractivity contribution in [3.8, 4) is 0 Å². The van der Waals surface area contributed by atoms with E-state index in [2.05, 4.69) is 27.4 Å². The molecule has 1 spiro atoms. The normalized spacial score (nSPS) is 26.3. The fourth-order valence-corrected chi connectivity index (χ4v) is 4.00. The number of nitrogens with one attached hydrogen (secondary N) is 1. The summed E-state index contributed by atoms with van der Waals surface area (Å²) in [5, 5.41) is 8.47. The molecule has 23 heavy (non-hydrogen) atoms. The zero-order valence-electron chi connectivity index (χ0n) is 13.5. The first-order chi connectivity index (χ1) is 11.2. The Morgan fingerprint density at radius 2 is 2.17 bits per heavy atom. The number of fused-ring (bicyclic) bond motifs is 1. The van der Waals surface area contributed by atoms with Gasteiger partial charge in [0.05, 0.1) is 11.8 Å². The molecule has 2 aromatic rings. The molecular formula is C16H22N4O3. The van der Waals surface area contributed by atoms with E-state index in [1.165, 1.54) is 6.33 Å². The monoisotopic (exact) mass is 318 g/mol. The van der Waals surface area contributed by atoms with Crippen molar-refractivity contribution >= 4 is 16.9 Å². The van der Waals surface area contributed by atoms with Crippen molar-refractivity contribution in [1.82, 2.24) is 15.1 Å². The Morgan fingerprint density at radius 3 is 2.96 bits per heavy atom. The van der Waals surface area contributed by atoms with E-state index in [9.17, 15) is 0 Å². The van der Waals surface area contributed by atoms with Crippen LogP contribution in [0.1, 0.15) is 31.9 Å². The fourth-order valence-electron chi connectivity index (χ4n) is 4.00. The van der Waals surface area contributed by atoms with Crippen molar-refractivity contribution in [2.45, 2.75) is 45.3 Å². The fraction of sp³-hybridized carbons (Fsp3) is 0.688. The van der Waals surface area contributed by atoms with Gasteiger partial charge in [-0.3, -0.25) is 0 Å². The zero-order chi connectivity index (χ0) is 15.9. The second-order valence-electron chi connectivity index (χ2n) is 6.39. The summed E-state index contributed by atoms with van der Waals surface area (Å²) in [5.74, 6) is 0.805. The van der Waals surface area contributed by atoms with Gasteiger partial charge < -0.3 is 19.3 Å². The number of anilines is 1. The summed E-state index contributed by atoms with van der Waals surface area (Å²) in [4.78, 5) is 8.55. The molecule has 3 heterocycles. The number of ether oxygens (including phenoxy) is 2. The number of hydrogen-bond acceptors (Lipinski definition) is 7. The Balaban J connectivity index is 1.61. The van der Waals surface area contributed by atoms with Gasteiger partial charge in [0.25, 0.3) is 5.71 Å². The average Bonchev–Trinajstić information content (AvgIpc) is 2.97. The van der Waals surface area contributed by atoms with E-state index in [1.807, 2.05) is 6.92 Å². The van der Waals surface area contributed by atoms with Crippen LogP contribution in [0.25, 0.3) is 11.1 Å². The molecule has 7 nitrogen and oxygen atoms in total. The highest BCUT2D eigenvalue weighted by atomic mass is 16.5. The molecule has 124 valence electrons. The highest BCUT2D eigenvalue weighted by molar-refractivity contribution is 5.87. The van der Waals surface area contributed by atoms with Crippen molar-refractivity contribution in [3.63, 3.8) is 0 Å². The number of hydrogen-bond donors (Lipinski definition) is 1. The molecule has 0 radical (unpaired) electrons. The first-order valence-corrected chi connectivity index (χ1v) is 8.27. The predicted molar refractivity (Wildman–Crippen MR) is 84.3 cm³/mol. The number of aryl methyl sites for hydroxylation is 1. The van der Waals surface area contributed by atoms with Crippen LogP contribution in [0.4, 0.5) is 5.82 Å². The van der Waals surface area contributed by atoms with Gasteiger partial charge >= 0.3 is 0 Å². The van der Waals surface area contributed by atoms with Gasteiger partial charge in [-0.15, -0.1) is 0 Å². The maximum absolute atomic E-state index is 5.98. The molecule has 2 atom stereocenters. The Morgan fingerprint density at radius 1 is 1.35 bits per heavy atom. The van der Waals surface area contributed by atoms with Crippen LogP contribution in [0.3, 0.4) is 0 Å². The van der Waals surface area contributed by atoms with Crippen molar-refractivity contribution in [2.24, 2.45) is 5.41 Å². The summed E-state index contributed by atoms with van der Waals surface area (Å²) in [7, 11) is 0. The molecule has 7 heteroatoms. The summed E-state index contributed by atoms with van der Waals surface area (Å²) < 4.78 is 16.8. The summed E-state index contributed by atoms with van der Waals surface area (Å²) >= 11 is 0. The smallest absolute Gasteiger partial charge is 0.263 e. The van der Waals surface area contributed by atoms with Gasteiger partial charge in [0.2, 0.25) is 0 Å². The third-order valence-corrected chi connectivity index (χ3v) is 5.33. The molecular weight excluding hydrogens is 296 g/mol. The topological polar surface area (TPSA) is 82.3 Å². The van der Waals surface area contributed by atoms with E-state index in [4.69, 9.17) is 14.0 Å². The van der Waals surface area contributed by atoms with Crippen LogP contribution < -0.4 is 5.32 Å². The van der Waals surface area contributed by atoms with E-state index in [1.54, 1.807) is 0 Å². The van der Waals surface area contributed by atoms with Crippen LogP contribution in [0, 0.1) is 12.3 Å². The Labute approximate surface area is 134 Å². The molecule has 0 aromatic carbocycles. The van der Waals surface area contributed by atoms with E-state index < -0.39 is 0 Å². The van der Waals surface area contributed by atoms with Gasteiger partial charge in [0.15, 0.2) is 0 Å². The Bertz CT molecular complexity index is 696. The quantitative estimate of drug-likeness (QED) is 0.926. The molecule has 1 aliphatic heterocycles. The van der Waals surface area contributed by atoms with Gasteiger partial charge in [0, 0.05) is 31.3 Å². The van der Waals surface area contributed by atoms with Gasteiger partial charge in [-0.1, -0.05) is 5.16 Å². The van der Waals surface area contributed by atoms with Gasteiger partial charge in [-0.2, -0.15) is 4.98 Å². The molecule has 4 rings (SSSR count). The first kappa shape index (κ1) is 14.8. The van der Waals surface area contributed by atoms with Crippen LogP contribution in [0.2, 0.25) is 0 Å². The van der Waals surface area contributed by atoms with E-state index >= 15 is 0 Å². The van der Waals surface area contributed by atoms with Crippen LogP contribution in [0.5, 0.6) is 0 Å². The van der Waals surface area contributed by atoms with Crippen molar-refractivity contribution in [2.75, 3.05) is 25.1 Å². The average molecular weight is 318 g/mol. The predicted octanol–water partition coefficient (Wildman–Crippen LogP) is 2.31. The molecule has 0 unspecified atom stereocenters. The SMILES string of the molecule is CCO[C@@H]1C[C@H](Nc2ncnc3onc(C)c23)C12CCOCC2. The Kier molecular flexibility index (Phi) is 3.69. The summed E-state index contributed by atoms with van der Waals surface area (Å²) in [6, 6.07) is 0.329. The lowest BCUT2D eigenvalue weighted by Gasteiger charge is -2.57. The molecule has 1 N–H and O–H groups in total. The van der Waals surface area contributed by atoms with E-state index in [0.717, 1.165) is 56.0 Å². The first-order valence-electron chi connectivity index (χ1n) is 8.27. The van der Waals surface area contributed by atoms with Gasteiger partial charge in [0.1, 0.15) is 17.5 Å². The van der Waals surface area contributed by atoms with Crippen LogP contribution >= 0.6 is 0 Å². The molecule has 1 saturated carbocycles. The second-order valence-corrected chi connectivity index (χ2v) is 6.39. The van der Waals surface area contributed by atoms with Crippen molar-refractivity contribution in [1.29, 1.82) is 0 Å². The number of nitrogens with zero attached hydrogens (tertiary/aromatic N) is 3. The lowest BCUT2D eigenvalue weighted by molar-refractivity contribution is -0.159. The summed E-state index contributed by atoms with van der Waals surface area (Å²) in [6.07, 6.45) is 4.85. The largest absolute Gasteiger partial charge is 0.381 e. The molecule has 2 aromatic heterocycles. The zero-order valence-corrected chi connectivity index (χ0v) is 13.5. The molecule has 1 saturated heterocycles. The van der Waals surface area contributed by atoms with Crippen LogP contribution in [-0.2, 0) is 9.47 Å². The van der Waals surface area contributed by atoms with Crippen molar-refractivity contribution < 1.29 is 14.0 Å². The summed E-state index contributed by atoms with van der Waals surface area (Å²) in [5.41, 5.74) is 1.47. The highest BCUT2D eigenvalue weighted by Crippen LogP contribution is 2.52. The third-order valence-electron chi connectivity index (χ3n) is 5.33. The molecule has 0 bridgehead atoms. The van der Waals surface area contributed by atoms with Gasteiger partial charge in [-0.25, -0.2) is 4.98 Å². The highest BCUT2D eigenvalue weighted by Gasteiger charge is 2.56. The maximum atomic E-state index is 5.98. The minimum absolute atomic E-state index is 0.136. The van der Waals surface area contributed by atoms with E-state index in [0.29, 0.717) is 17.9 Å². The standard InChI is InChI=1S/C16H22N4O3/c1-3-22-12-8-11(16(12)4-6-21-7-5-16)19-14-13-10(2)20-23-15(13)18-9-17-14/h9,11-12H,3-8H2,1-2H3,(H,17,18,19)/t11-,12+/m0/s1. The molecule has 2 fully saturated rings. The van der Waals surface area contributed by atoms with Crippen molar-refractivity contribution in [3.05, 3.63) is 12.0 Å². The summed E-state index contributed by atoms with van der Waals surface area (Å²) in [6.45, 7) is 6.32. The maximum Gasteiger partial charge on any atom is 0.263 e. The lowest BCUT2D eigenvalue weighted by atomic mass is 9.57. The van der Waals surface area contributed by atoms with Crippen LogP contribution in [-0.4, -0.2) is 47.1 Å².